The summed E-state index contributed by atoms with van der Waals surface area (Å²) in [6.07, 6.45) is 6.05. The SMILES string of the molecule is Cc1ncoc1COc1ccc2c(c1C)CCN(C[C@@H](O)CCC(=O)c1cc(NC3CCC3)nc(N3CCN(C)CC3)c1)C2.S. The number of β-amino-alcohol motifs (C(OH)–C–C–N with tert-alkyl or cyclic N) is 1. The number of ketones is 1. The second-order valence-corrected chi connectivity index (χ2v) is 12.7. The van der Waals surface area contributed by atoms with Crippen LogP contribution in [0.5, 0.6) is 5.75 Å². The fraction of sp³-hybridized carbons (Fsp3) is 0.559. The Labute approximate surface area is 273 Å². The number of aryl methyl sites for hydroxylation is 1. The Hall–Kier alpha value is -3.12. The zero-order valence-corrected chi connectivity index (χ0v) is 27.8. The average molecular weight is 637 g/mol. The molecule has 4 heterocycles. The number of pyridine rings is 1. The van der Waals surface area contributed by atoms with Gasteiger partial charge in [-0.2, -0.15) is 13.5 Å². The number of oxazole rings is 1. The normalized spacial score (nSPS) is 18.1. The molecule has 2 aliphatic heterocycles. The molecule has 1 atom stereocenters. The number of Topliss-reactive ketones (excluding diaryl/α,β-unsaturated/α-hetero) is 1. The smallest absolute Gasteiger partial charge is 0.181 e. The van der Waals surface area contributed by atoms with E-state index in [9.17, 15) is 9.90 Å². The molecule has 0 radical (unpaired) electrons. The topological polar surface area (TPSA) is 107 Å². The third-order valence-corrected chi connectivity index (χ3v) is 9.51. The number of rotatable bonds is 12. The van der Waals surface area contributed by atoms with E-state index in [1.807, 2.05) is 25.1 Å². The van der Waals surface area contributed by atoms with E-state index in [2.05, 4.69) is 45.0 Å². The molecule has 2 fully saturated rings. The van der Waals surface area contributed by atoms with Crippen molar-refractivity contribution in [2.75, 3.05) is 56.5 Å². The molecule has 10 nitrogen and oxygen atoms in total. The van der Waals surface area contributed by atoms with Crippen LogP contribution in [0.3, 0.4) is 0 Å². The molecule has 11 heteroatoms. The first-order valence-corrected chi connectivity index (χ1v) is 16.1. The van der Waals surface area contributed by atoms with Crippen LogP contribution in [-0.2, 0) is 19.6 Å². The zero-order valence-electron chi connectivity index (χ0n) is 26.8. The first-order chi connectivity index (χ1) is 21.3. The Morgan fingerprint density at radius 1 is 1.16 bits per heavy atom. The minimum atomic E-state index is -0.569. The third-order valence-electron chi connectivity index (χ3n) is 9.51. The van der Waals surface area contributed by atoms with Gasteiger partial charge in [-0.3, -0.25) is 9.69 Å². The first kappa shape index (κ1) is 33.2. The maximum Gasteiger partial charge on any atom is 0.181 e. The molecule has 1 aromatic carbocycles. The van der Waals surface area contributed by atoms with Crippen LogP contribution < -0.4 is 15.0 Å². The van der Waals surface area contributed by atoms with E-state index in [0.29, 0.717) is 37.6 Å². The summed E-state index contributed by atoms with van der Waals surface area (Å²) in [4.78, 5) is 29.3. The highest BCUT2D eigenvalue weighted by Crippen LogP contribution is 2.31. The highest BCUT2D eigenvalue weighted by atomic mass is 32.1. The van der Waals surface area contributed by atoms with Gasteiger partial charge < -0.3 is 29.4 Å². The zero-order chi connectivity index (χ0) is 30.6. The minimum absolute atomic E-state index is 0. The van der Waals surface area contributed by atoms with Crippen molar-refractivity contribution in [3.63, 3.8) is 0 Å². The number of hydrogen-bond donors (Lipinski definition) is 2. The number of aliphatic hydroxyl groups excluding tert-OH is 1. The Morgan fingerprint density at radius 3 is 2.67 bits per heavy atom. The second kappa shape index (κ2) is 15.0. The lowest BCUT2D eigenvalue weighted by Gasteiger charge is -2.34. The van der Waals surface area contributed by atoms with Gasteiger partial charge in [-0.05, 0) is 87.9 Å². The van der Waals surface area contributed by atoms with Crippen molar-refractivity contribution in [1.29, 1.82) is 0 Å². The fourth-order valence-electron chi connectivity index (χ4n) is 6.34. The molecule has 1 saturated carbocycles. The lowest BCUT2D eigenvalue weighted by atomic mass is 9.93. The third kappa shape index (κ3) is 8.19. The van der Waals surface area contributed by atoms with Gasteiger partial charge in [0.25, 0.3) is 0 Å². The van der Waals surface area contributed by atoms with E-state index in [1.54, 1.807) is 0 Å². The molecule has 2 aromatic heterocycles. The number of nitrogens with zero attached hydrogens (tertiary/aromatic N) is 5. The van der Waals surface area contributed by atoms with Crippen LogP contribution in [0.25, 0.3) is 0 Å². The molecule has 0 unspecified atom stereocenters. The fourth-order valence-corrected chi connectivity index (χ4v) is 6.34. The van der Waals surface area contributed by atoms with Gasteiger partial charge in [-0.25, -0.2) is 9.97 Å². The van der Waals surface area contributed by atoms with Crippen molar-refractivity contribution in [2.24, 2.45) is 0 Å². The Bertz CT molecular complexity index is 1450. The van der Waals surface area contributed by atoms with Gasteiger partial charge in [0.05, 0.1) is 11.8 Å². The molecular weight excluding hydrogens is 588 g/mol. The Kier molecular flexibility index (Phi) is 11.1. The molecular formula is C34H48N6O4S. The molecule has 2 N–H and O–H groups in total. The summed E-state index contributed by atoms with van der Waals surface area (Å²) in [5.74, 6) is 3.33. The quantitative estimate of drug-likeness (QED) is 0.277. The van der Waals surface area contributed by atoms with Crippen molar-refractivity contribution >= 4 is 30.9 Å². The monoisotopic (exact) mass is 636 g/mol. The van der Waals surface area contributed by atoms with Crippen LogP contribution >= 0.6 is 13.5 Å². The predicted molar refractivity (Wildman–Crippen MR) is 181 cm³/mol. The summed E-state index contributed by atoms with van der Waals surface area (Å²) < 4.78 is 11.5. The second-order valence-electron chi connectivity index (χ2n) is 12.7. The molecule has 0 spiro atoms. The number of aliphatic hydroxyl groups is 1. The molecule has 244 valence electrons. The highest BCUT2D eigenvalue weighted by molar-refractivity contribution is 7.59. The van der Waals surface area contributed by atoms with Crippen LogP contribution in [0.2, 0.25) is 0 Å². The molecule has 3 aromatic rings. The summed E-state index contributed by atoms with van der Waals surface area (Å²) in [6, 6.07) is 8.44. The van der Waals surface area contributed by atoms with Gasteiger partial charge in [0.2, 0.25) is 0 Å². The van der Waals surface area contributed by atoms with Gasteiger partial charge in [0, 0.05) is 63.8 Å². The van der Waals surface area contributed by atoms with Gasteiger partial charge in [-0.1, -0.05) is 6.07 Å². The van der Waals surface area contributed by atoms with E-state index in [-0.39, 0.29) is 19.3 Å². The molecule has 45 heavy (non-hydrogen) atoms. The number of anilines is 2. The number of benzene rings is 1. The van der Waals surface area contributed by atoms with Crippen LogP contribution in [0.4, 0.5) is 11.6 Å². The molecule has 6 rings (SSSR count). The summed E-state index contributed by atoms with van der Waals surface area (Å²) >= 11 is 0. The molecule has 1 aliphatic carbocycles. The summed E-state index contributed by atoms with van der Waals surface area (Å²) in [7, 11) is 2.14. The number of carbonyl (C=O) groups is 1. The van der Waals surface area contributed by atoms with Crippen molar-refractivity contribution in [3.05, 3.63) is 64.4 Å². The van der Waals surface area contributed by atoms with E-state index in [4.69, 9.17) is 14.1 Å². The number of aromatic nitrogens is 2. The largest absolute Gasteiger partial charge is 0.485 e. The lowest BCUT2D eigenvalue weighted by molar-refractivity contribution is 0.0836. The van der Waals surface area contributed by atoms with Crippen molar-refractivity contribution in [3.8, 4) is 5.75 Å². The maximum absolute atomic E-state index is 13.4. The van der Waals surface area contributed by atoms with Crippen molar-refractivity contribution in [2.45, 2.75) is 77.7 Å². The maximum atomic E-state index is 13.4. The van der Waals surface area contributed by atoms with Gasteiger partial charge in [0.15, 0.2) is 17.9 Å². The standard InChI is InChI=1S/C34H46N6O4.H2S/c1-23-29-11-12-39(19-25(29)7-10-31(23)43-21-32-24(2)35-22-44-32)20-28(41)8-9-30(42)26-17-33(36-27-5-4-6-27)37-34(18-26)40-15-13-38(3)14-16-40;/h7,10,17-18,22,27-28,41H,4-6,8-9,11-16,19-21H2,1-3H3,(H,36,37);1H2/t28-;/m0./s1. The number of carbonyl (C=O) groups excluding carboxylic acids is 1. The molecule has 0 amide bonds. The Morgan fingerprint density at radius 2 is 1.96 bits per heavy atom. The molecule has 3 aliphatic rings. The van der Waals surface area contributed by atoms with E-state index in [1.165, 1.54) is 23.9 Å². The summed E-state index contributed by atoms with van der Waals surface area (Å²) in [6.45, 7) is 10.3. The van der Waals surface area contributed by atoms with E-state index >= 15 is 0 Å². The van der Waals surface area contributed by atoms with Gasteiger partial charge in [-0.15, -0.1) is 0 Å². The van der Waals surface area contributed by atoms with Gasteiger partial charge >= 0.3 is 0 Å². The highest BCUT2D eigenvalue weighted by Gasteiger charge is 2.24. The number of piperazine rings is 1. The summed E-state index contributed by atoms with van der Waals surface area (Å²) in [5, 5.41) is 14.5. The van der Waals surface area contributed by atoms with E-state index < -0.39 is 6.10 Å². The number of ether oxygens (including phenoxy) is 1. The van der Waals surface area contributed by atoms with Crippen LogP contribution in [0, 0.1) is 13.8 Å². The minimum Gasteiger partial charge on any atom is -0.485 e. The van der Waals surface area contributed by atoms with E-state index in [0.717, 1.165) is 92.9 Å². The first-order valence-electron chi connectivity index (χ1n) is 16.1. The van der Waals surface area contributed by atoms with Gasteiger partial charge in [0.1, 0.15) is 24.0 Å². The Balaban J connectivity index is 0.00000400. The predicted octanol–water partition coefficient (Wildman–Crippen LogP) is 4.48. The van der Waals surface area contributed by atoms with Crippen molar-refractivity contribution in [1.82, 2.24) is 19.8 Å². The number of hydrogen-bond acceptors (Lipinski definition) is 10. The number of fused-ring (bicyclic) bond motifs is 1. The number of likely N-dealkylation sites (N-methyl/N-ethyl adjacent to an activating group) is 1. The molecule has 0 bridgehead atoms. The van der Waals surface area contributed by atoms with Crippen LogP contribution in [0.15, 0.2) is 35.1 Å². The number of nitrogens with one attached hydrogen (secondary N) is 1. The average Bonchev–Trinajstić information content (AvgIpc) is 3.42. The summed E-state index contributed by atoms with van der Waals surface area (Å²) in [5.41, 5.74) is 5.27. The van der Waals surface area contributed by atoms with Crippen LogP contribution in [-0.4, -0.2) is 89.1 Å². The molecule has 1 saturated heterocycles. The van der Waals surface area contributed by atoms with Crippen molar-refractivity contribution < 1.29 is 19.1 Å². The van der Waals surface area contributed by atoms with Crippen LogP contribution in [0.1, 0.15) is 70.6 Å². The lowest BCUT2D eigenvalue weighted by Crippen LogP contribution is -2.45.